The number of sulfonamides is 1. The van der Waals surface area contributed by atoms with Crippen molar-refractivity contribution in [2.75, 3.05) is 19.6 Å². The summed E-state index contributed by atoms with van der Waals surface area (Å²) in [6.45, 7) is 4.14. The van der Waals surface area contributed by atoms with Crippen LogP contribution in [0.25, 0.3) is 0 Å². The molecule has 1 aliphatic rings. The third kappa shape index (κ3) is 5.38. The number of halogens is 1. The van der Waals surface area contributed by atoms with Crippen LogP contribution in [0, 0.1) is 23.0 Å². The smallest absolute Gasteiger partial charge is 0.270 e. The van der Waals surface area contributed by atoms with E-state index in [0.29, 0.717) is 24.9 Å². The van der Waals surface area contributed by atoms with Gasteiger partial charge in [-0.25, -0.2) is 8.42 Å². The summed E-state index contributed by atoms with van der Waals surface area (Å²) in [6, 6.07) is 3.67. The molecule has 2 rings (SSSR count). The van der Waals surface area contributed by atoms with Crippen LogP contribution in [-0.2, 0) is 14.8 Å². The van der Waals surface area contributed by atoms with E-state index in [1.807, 2.05) is 6.92 Å². The predicted molar refractivity (Wildman–Crippen MR) is 103 cm³/mol. The van der Waals surface area contributed by atoms with Gasteiger partial charge in [0.25, 0.3) is 5.69 Å². The van der Waals surface area contributed by atoms with E-state index in [1.165, 1.54) is 16.4 Å². The summed E-state index contributed by atoms with van der Waals surface area (Å²) < 4.78 is 27.0. The molecule has 1 fully saturated rings. The molecule has 0 unspecified atom stereocenters. The largest absolute Gasteiger partial charge is 0.352 e. The third-order valence-corrected chi connectivity index (χ3v) is 6.61. The second kappa shape index (κ2) is 9.45. The summed E-state index contributed by atoms with van der Waals surface area (Å²) in [7, 11) is -3.85. The maximum atomic E-state index is 12.9. The van der Waals surface area contributed by atoms with Gasteiger partial charge < -0.3 is 11.1 Å². The lowest BCUT2D eigenvalue weighted by Crippen LogP contribution is -2.46. The summed E-state index contributed by atoms with van der Waals surface area (Å²) in [4.78, 5) is 22.4. The van der Waals surface area contributed by atoms with Crippen molar-refractivity contribution < 1.29 is 18.1 Å². The lowest BCUT2D eigenvalue weighted by Gasteiger charge is -2.31. The molecule has 1 atom stereocenters. The van der Waals surface area contributed by atoms with Crippen molar-refractivity contribution in [3.63, 3.8) is 0 Å². The molecule has 0 spiro atoms. The fourth-order valence-corrected chi connectivity index (χ4v) is 4.61. The number of carbonyl (C=O) groups is 1. The molecule has 1 amide bonds. The van der Waals surface area contributed by atoms with Crippen LogP contribution < -0.4 is 11.1 Å². The molecule has 0 aromatic heterocycles. The Morgan fingerprint density at radius 1 is 1.41 bits per heavy atom. The average molecular weight is 421 g/mol. The monoisotopic (exact) mass is 420 g/mol. The van der Waals surface area contributed by atoms with Gasteiger partial charge in [-0.2, -0.15) is 4.31 Å². The first-order chi connectivity index (χ1) is 12.2. The van der Waals surface area contributed by atoms with Gasteiger partial charge in [0.05, 0.1) is 9.82 Å². The van der Waals surface area contributed by atoms with Crippen LogP contribution in [0.2, 0.25) is 0 Å². The van der Waals surface area contributed by atoms with Crippen molar-refractivity contribution in [3.05, 3.63) is 33.9 Å². The zero-order valence-electron chi connectivity index (χ0n) is 15.3. The van der Waals surface area contributed by atoms with Crippen LogP contribution >= 0.6 is 12.4 Å². The molecule has 0 aliphatic carbocycles. The fraction of sp³-hybridized carbons (Fsp3) is 0.562. The molecule has 1 saturated heterocycles. The highest BCUT2D eigenvalue weighted by molar-refractivity contribution is 7.89. The van der Waals surface area contributed by atoms with Crippen LogP contribution in [-0.4, -0.2) is 49.2 Å². The molecule has 0 radical (unpaired) electrons. The molecule has 11 heteroatoms. The highest BCUT2D eigenvalue weighted by Gasteiger charge is 2.33. The predicted octanol–water partition coefficient (Wildman–Crippen LogP) is 1.19. The first-order valence-electron chi connectivity index (χ1n) is 8.42. The molecule has 1 aromatic rings. The summed E-state index contributed by atoms with van der Waals surface area (Å²) in [5, 5.41) is 13.7. The topological polar surface area (TPSA) is 136 Å². The van der Waals surface area contributed by atoms with Gasteiger partial charge in [0, 0.05) is 43.7 Å². The molecular weight excluding hydrogens is 396 g/mol. The maximum absolute atomic E-state index is 12.9. The number of nitrogens with zero attached hydrogens (tertiary/aromatic N) is 2. The molecule has 152 valence electrons. The normalized spacial score (nSPS) is 17.0. The minimum Gasteiger partial charge on any atom is -0.352 e. The number of hydrogen-bond donors (Lipinski definition) is 2. The third-order valence-electron chi connectivity index (χ3n) is 4.57. The van der Waals surface area contributed by atoms with E-state index in [2.05, 4.69) is 5.32 Å². The number of nitro groups is 1. The zero-order valence-corrected chi connectivity index (χ0v) is 16.9. The fourth-order valence-electron chi connectivity index (χ4n) is 2.90. The van der Waals surface area contributed by atoms with E-state index in [-0.39, 0.29) is 53.9 Å². The molecule has 9 nitrogen and oxygen atoms in total. The summed E-state index contributed by atoms with van der Waals surface area (Å²) in [6.07, 6.45) is 0.798. The van der Waals surface area contributed by atoms with Gasteiger partial charge in [-0.1, -0.05) is 6.07 Å². The molecule has 0 bridgehead atoms. The maximum Gasteiger partial charge on any atom is 0.270 e. The molecule has 1 aromatic carbocycles. The number of nitro benzene ring substituents is 1. The minimum absolute atomic E-state index is 0. The highest BCUT2D eigenvalue weighted by Crippen LogP contribution is 2.28. The minimum atomic E-state index is -3.85. The number of hydrogen-bond acceptors (Lipinski definition) is 6. The SMILES string of the molecule is Cc1ccc([N+](=O)[O-])cc1S(=O)(=O)N1CCC(C(=O)N[C@@H](C)CN)CC1.Cl. The van der Waals surface area contributed by atoms with Gasteiger partial charge in [0.15, 0.2) is 0 Å². The molecule has 3 N–H and O–H groups in total. The van der Waals surface area contributed by atoms with Gasteiger partial charge in [-0.15, -0.1) is 12.4 Å². The van der Waals surface area contributed by atoms with E-state index >= 15 is 0 Å². The Labute approximate surface area is 164 Å². The Morgan fingerprint density at radius 3 is 2.52 bits per heavy atom. The zero-order chi connectivity index (χ0) is 19.5. The van der Waals surface area contributed by atoms with Crippen molar-refractivity contribution in [1.82, 2.24) is 9.62 Å². The highest BCUT2D eigenvalue weighted by atomic mass is 35.5. The molecule has 1 aliphatic heterocycles. The number of benzene rings is 1. The van der Waals surface area contributed by atoms with Crippen molar-refractivity contribution in [3.8, 4) is 0 Å². The Bertz CT molecular complexity index is 794. The Morgan fingerprint density at radius 2 is 2.00 bits per heavy atom. The quantitative estimate of drug-likeness (QED) is 0.524. The van der Waals surface area contributed by atoms with E-state index in [1.54, 1.807) is 6.92 Å². The number of carbonyl (C=O) groups excluding carboxylic acids is 1. The van der Waals surface area contributed by atoms with E-state index < -0.39 is 14.9 Å². The van der Waals surface area contributed by atoms with E-state index in [9.17, 15) is 23.3 Å². The Balaban J connectivity index is 0.00000364. The van der Waals surface area contributed by atoms with E-state index in [4.69, 9.17) is 5.73 Å². The van der Waals surface area contributed by atoms with Crippen LogP contribution in [0.5, 0.6) is 0 Å². The summed E-state index contributed by atoms with van der Waals surface area (Å²) >= 11 is 0. The number of piperidine rings is 1. The molecule has 27 heavy (non-hydrogen) atoms. The van der Waals surface area contributed by atoms with Gasteiger partial charge in [0.2, 0.25) is 15.9 Å². The summed E-state index contributed by atoms with van der Waals surface area (Å²) in [5.41, 5.74) is 5.68. The van der Waals surface area contributed by atoms with Gasteiger partial charge in [-0.3, -0.25) is 14.9 Å². The average Bonchev–Trinajstić information content (AvgIpc) is 2.61. The van der Waals surface area contributed by atoms with Crippen molar-refractivity contribution >= 4 is 34.0 Å². The van der Waals surface area contributed by atoms with Crippen LogP contribution in [0.3, 0.4) is 0 Å². The van der Waals surface area contributed by atoms with Crippen LogP contribution in [0.15, 0.2) is 23.1 Å². The second-order valence-electron chi connectivity index (χ2n) is 6.53. The van der Waals surface area contributed by atoms with Gasteiger partial charge in [-0.05, 0) is 32.3 Å². The molecular formula is C16H25ClN4O5S. The lowest BCUT2D eigenvalue weighted by molar-refractivity contribution is -0.385. The van der Waals surface area contributed by atoms with Crippen LogP contribution in [0.1, 0.15) is 25.3 Å². The number of amides is 1. The standard InChI is InChI=1S/C16H24N4O5S.ClH/c1-11-3-4-14(20(22)23)9-15(11)26(24,25)19-7-5-13(6-8-19)16(21)18-12(2)10-17;/h3-4,9,12-13H,5-8,10,17H2,1-2H3,(H,18,21);1H/t12-;/m0./s1. The lowest BCUT2D eigenvalue weighted by atomic mass is 9.97. The number of nitrogens with two attached hydrogens (primary N) is 1. The number of rotatable bonds is 6. The molecule has 1 heterocycles. The number of non-ortho nitro benzene ring substituents is 1. The first-order valence-corrected chi connectivity index (χ1v) is 9.86. The van der Waals surface area contributed by atoms with Crippen LogP contribution in [0.4, 0.5) is 5.69 Å². The van der Waals surface area contributed by atoms with Crippen molar-refractivity contribution in [2.24, 2.45) is 11.7 Å². The van der Waals surface area contributed by atoms with Gasteiger partial charge in [0.1, 0.15) is 0 Å². The number of nitrogens with one attached hydrogen (secondary N) is 1. The van der Waals surface area contributed by atoms with Gasteiger partial charge >= 0.3 is 0 Å². The molecule has 0 saturated carbocycles. The van der Waals surface area contributed by atoms with E-state index in [0.717, 1.165) is 6.07 Å². The summed E-state index contributed by atoms with van der Waals surface area (Å²) in [5.74, 6) is -0.381. The van der Waals surface area contributed by atoms with Crippen molar-refractivity contribution in [2.45, 2.75) is 37.6 Å². The Hall–Kier alpha value is -1.75. The second-order valence-corrected chi connectivity index (χ2v) is 8.44. The number of aryl methyl sites for hydroxylation is 1. The Kier molecular flexibility index (Phi) is 8.15. The first kappa shape index (κ1) is 23.3. The van der Waals surface area contributed by atoms with Crippen molar-refractivity contribution in [1.29, 1.82) is 0 Å².